The van der Waals surface area contributed by atoms with E-state index in [4.69, 9.17) is 10.5 Å². The molecule has 0 saturated carbocycles. The number of allylic oxidation sites excluding steroid dienone is 1. The fourth-order valence-electron chi connectivity index (χ4n) is 3.32. The average Bonchev–Trinajstić information content (AvgIpc) is 3.16. The van der Waals surface area contributed by atoms with Gasteiger partial charge in [0.1, 0.15) is 11.6 Å². The van der Waals surface area contributed by atoms with Gasteiger partial charge in [0, 0.05) is 19.8 Å². The summed E-state index contributed by atoms with van der Waals surface area (Å²) in [7, 11) is 0. The van der Waals surface area contributed by atoms with Crippen molar-refractivity contribution in [2.24, 2.45) is 5.73 Å². The minimum absolute atomic E-state index is 0.101. The summed E-state index contributed by atoms with van der Waals surface area (Å²) in [6.45, 7) is 4.15. The molecule has 0 radical (unpaired) electrons. The Morgan fingerprint density at radius 1 is 1.31 bits per heavy atom. The lowest BCUT2D eigenvalue weighted by Crippen LogP contribution is -2.20. The van der Waals surface area contributed by atoms with Gasteiger partial charge in [0.05, 0.1) is 17.2 Å². The van der Waals surface area contributed by atoms with Gasteiger partial charge in [-0.1, -0.05) is 28.1 Å². The van der Waals surface area contributed by atoms with Crippen molar-refractivity contribution in [2.75, 3.05) is 0 Å². The number of benzene rings is 1. The second-order valence-corrected chi connectivity index (χ2v) is 8.50. The summed E-state index contributed by atoms with van der Waals surface area (Å²) in [6.07, 6.45) is 0. The number of nitrogens with zero attached hydrogens (tertiary/aromatic N) is 2. The number of aromatic amines is 1. The van der Waals surface area contributed by atoms with Crippen molar-refractivity contribution < 1.29 is 4.74 Å². The zero-order valence-corrected chi connectivity index (χ0v) is 16.5. The lowest BCUT2D eigenvalue weighted by Gasteiger charge is -2.24. The van der Waals surface area contributed by atoms with Crippen LogP contribution in [-0.2, 0) is 0 Å². The monoisotopic (exact) mass is 426 g/mol. The molecular weight excluding hydrogens is 412 g/mol. The summed E-state index contributed by atoms with van der Waals surface area (Å²) in [4.78, 5) is 2.40. The number of nitrogens with two attached hydrogens (primary N) is 1. The Morgan fingerprint density at radius 3 is 2.65 bits per heavy atom. The van der Waals surface area contributed by atoms with Crippen molar-refractivity contribution in [1.82, 2.24) is 10.2 Å². The quantitative estimate of drug-likeness (QED) is 0.619. The molecule has 0 amide bonds. The molecule has 0 saturated heterocycles. The number of hydrogen-bond acceptors (Lipinski definition) is 5. The van der Waals surface area contributed by atoms with Crippen LogP contribution in [0.1, 0.15) is 26.8 Å². The number of H-pyrrole nitrogens is 1. The van der Waals surface area contributed by atoms with E-state index in [9.17, 15) is 5.26 Å². The summed E-state index contributed by atoms with van der Waals surface area (Å²) in [5.74, 6) is 0.196. The Hall–Kier alpha value is -2.56. The summed E-state index contributed by atoms with van der Waals surface area (Å²) < 4.78 is 6.62. The van der Waals surface area contributed by atoms with Crippen molar-refractivity contribution in [3.8, 4) is 23.2 Å². The van der Waals surface area contributed by atoms with E-state index in [0.29, 0.717) is 11.5 Å². The Kier molecular flexibility index (Phi) is 4.10. The summed E-state index contributed by atoms with van der Waals surface area (Å²) in [5.41, 5.74) is 10.2. The number of rotatable bonds is 2. The molecule has 7 heteroatoms. The topological polar surface area (TPSA) is 87.7 Å². The van der Waals surface area contributed by atoms with E-state index in [2.05, 4.69) is 52.1 Å². The number of aromatic nitrogens is 2. The van der Waals surface area contributed by atoms with E-state index in [0.717, 1.165) is 26.9 Å². The summed E-state index contributed by atoms with van der Waals surface area (Å²) >= 11 is 5.19. The molecule has 1 aromatic carbocycles. The molecule has 0 spiro atoms. The molecule has 0 bridgehead atoms. The van der Waals surface area contributed by atoms with E-state index >= 15 is 0 Å². The van der Waals surface area contributed by atoms with Crippen LogP contribution >= 0.6 is 27.3 Å². The van der Waals surface area contributed by atoms with Crippen molar-refractivity contribution in [2.45, 2.75) is 19.8 Å². The van der Waals surface area contributed by atoms with Crippen molar-refractivity contribution >= 4 is 27.3 Å². The number of nitriles is 1. The SMILES string of the molecule is Cc1cc(-c2[nH]nc3c2[C@@H](c2ccc(Br)cc2)C(C#N)=C(N)O3)c(C)s1. The number of halogens is 1. The van der Waals surface area contributed by atoms with E-state index in [1.165, 1.54) is 9.75 Å². The third-order valence-corrected chi connectivity index (χ3v) is 5.95. The van der Waals surface area contributed by atoms with Crippen LogP contribution in [0.25, 0.3) is 11.3 Å². The first-order valence-corrected chi connectivity index (χ1v) is 9.59. The first-order valence-electron chi connectivity index (χ1n) is 7.98. The van der Waals surface area contributed by atoms with Gasteiger partial charge in [-0.2, -0.15) is 5.26 Å². The van der Waals surface area contributed by atoms with E-state index in [-0.39, 0.29) is 11.8 Å². The predicted octanol–water partition coefficient (Wildman–Crippen LogP) is 4.74. The van der Waals surface area contributed by atoms with Crippen LogP contribution in [0, 0.1) is 25.2 Å². The number of ether oxygens (including phenoxy) is 1. The van der Waals surface area contributed by atoms with Crippen molar-refractivity contribution in [3.63, 3.8) is 0 Å². The first-order chi connectivity index (χ1) is 12.5. The number of thiophene rings is 1. The van der Waals surface area contributed by atoms with Gasteiger partial charge in [-0.25, -0.2) is 0 Å². The fraction of sp³-hybridized carbons (Fsp3) is 0.158. The van der Waals surface area contributed by atoms with Crippen molar-refractivity contribution in [3.05, 3.63) is 67.1 Å². The van der Waals surface area contributed by atoms with E-state index in [1.807, 2.05) is 24.3 Å². The van der Waals surface area contributed by atoms with E-state index < -0.39 is 0 Å². The Balaban J connectivity index is 1.97. The highest BCUT2D eigenvalue weighted by molar-refractivity contribution is 9.10. The van der Waals surface area contributed by atoms with Gasteiger partial charge in [0.2, 0.25) is 11.8 Å². The molecule has 1 aliphatic heterocycles. The molecule has 3 aromatic rings. The Labute approximate surface area is 163 Å². The number of fused-ring (bicyclic) bond motifs is 1. The first kappa shape index (κ1) is 16.9. The minimum Gasteiger partial charge on any atom is -0.420 e. The maximum absolute atomic E-state index is 9.73. The lowest BCUT2D eigenvalue weighted by molar-refractivity contribution is 0.379. The van der Waals surface area contributed by atoms with Gasteiger partial charge in [-0.3, -0.25) is 5.10 Å². The molecule has 26 heavy (non-hydrogen) atoms. The van der Waals surface area contributed by atoms with Gasteiger partial charge >= 0.3 is 0 Å². The van der Waals surface area contributed by atoms with Crippen LogP contribution < -0.4 is 10.5 Å². The third-order valence-electron chi connectivity index (χ3n) is 4.45. The van der Waals surface area contributed by atoms with Gasteiger partial charge in [-0.15, -0.1) is 16.4 Å². The maximum Gasteiger partial charge on any atom is 0.244 e. The molecule has 1 aliphatic rings. The number of aryl methyl sites for hydroxylation is 2. The van der Waals surface area contributed by atoms with Crippen LogP contribution in [0.15, 0.2) is 46.3 Å². The van der Waals surface area contributed by atoms with Crippen LogP contribution in [0.2, 0.25) is 0 Å². The molecule has 0 unspecified atom stereocenters. The maximum atomic E-state index is 9.73. The molecular formula is C19H15BrN4OS. The molecule has 1 atom stereocenters. The highest BCUT2D eigenvalue weighted by Gasteiger charge is 2.36. The standard InChI is InChI=1S/C19H15BrN4OS/c1-9-7-13(10(2)26-9)17-16-15(11-3-5-12(20)6-4-11)14(8-21)18(22)25-19(16)24-23-17/h3-7,15H,22H2,1-2H3,(H,23,24)/t15-/m0/s1. The highest BCUT2D eigenvalue weighted by Crippen LogP contribution is 2.47. The molecule has 0 fully saturated rings. The Morgan fingerprint density at radius 2 is 2.04 bits per heavy atom. The highest BCUT2D eigenvalue weighted by atomic mass is 79.9. The van der Waals surface area contributed by atoms with Gasteiger partial charge < -0.3 is 10.5 Å². The zero-order chi connectivity index (χ0) is 18.4. The molecule has 2 aromatic heterocycles. The van der Waals surface area contributed by atoms with Gasteiger partial charge in [0.15, 0.2) is 0 Å². The predicted molar refractivity (Wildman–Crippen MR) is 105 cm³/mol. The lowest BCUT2D eigenvalue weighted by atomic mass is 9.83. The minimum atomic E-state index is -0.329. The molecule has 0 aliphatic carbocycles. The number of nitrogens with one attached hydrogen (secondary N) is 1. The van der Waals surface area contributed by atoms with Crippen LogP contribution in [0.3, 0.4) is 0 Å². The Bertz CT molecular complexity index is 1070. The van der Waals surface area contributed by atoms with Crippen molar-refractivity contribution in [1.29, 1.82) is 5.26 Å². The second kappa shape index (κ2) is 6.31. The zero-order valence-electron chi connectivity index (χ0n) is 14.1. The average molecular weight is 427 g/mol. The van der Waals surface area contributed by atoms with Crippen LogP contribution in [0.4, 0.5) is 0 Å². The van der Waals surface area contributed by atoms with E-state index in [1.54, 1.807) is 11.3 Å². The second-order valence-electron chi connectivity index (χ2n) is 6.12. The normalized spacial score (nSPS) is 16.2. The summed E-state index contributed by atoms with van der Waals surface area (Å²) in [5, 5.41) is 17.1. The van der Waals surface area contributed by atoms with Crippen LogP contribution in [-0.4, -0.2) is 10.2 Å². The van der Waals surface area contributed by atoms with Gasteiger partial charge in [0.25, 0.3) is 0 Å². The van der Waals surface area contributed by atoms with Gasteiger partial charge in [-0.05, 0) is 37.6 Å². The summed E-state index contributed by atoms with van der Waals surface area (Å²) in [6, 6.07) is 12.2. The molecule has 130 valence electrons. The largest absolute Gasteiger partial charge is 0.420 e. The third kappa shape index (κ3) is 2.62. The number of hydrogen-bond donors (Lipinski definition) is 2. The smallest absolute Gasteiger partial charge is 0.244 e. The molecule has 3 N–H and O–H groups in total. The fourth-order valence-corrected chi connectivity index (χ4v) is 4.51. The molecule has 4 rings (SSSR count). The molecule has 5 nitrogen and oxygen atoms in total. The van der Waals surface area contributed by atoms with Crippen LogP contribution in [0.5, 0.6) is 5.88 Å². The molecule has 3 heterocycles.